The summed E-state index contributed by atoms with van der Waals surface area (Å²) in [7, 11) is 0. The van der Waals surface area contributed by atoms with Crippen LogP contribution in [0.1, 0.15) is 52.0 Å². The van der Waals surface area contributed by atoms with Gasteiger partial charge in [-0.2, -0.15) is 0 Å². The SMILES string of the molecule is CC1(C)CC(C)(C)CC(N)(c2nccs2)C1. The molecule has 16 heavy (non-hydrogen) atoms. The van der Waals surface area contributed by atoms with Gasteiger partial charge in [-0.25, -0.2) is 4.98 Å². The molecule has 0 aliphatic heterocycles. The molecule has 0 aromatic carbocycles. The van der Waals surface area contributed by atoms with Gasteiger partial charge in [-0.1, -0.05) is 27.7 Å². The van der Waals surface area contributed by atoms with Gasteiger partial charge in [0.2, 0.25) is 0 Å². The van der Waals surface area contributed by atoms with Crippen molar-refractivity contribution in [2.45, 2.75) is 52.5 Å². The summed E-state index contributed by atoms with van der Waals surface area (Å²) < 4.78 is 0. The third kappa shape index (κ3) is 2.30. The number of nitrogens with zero attached hydrogens (tertiary/aromatic N) is 1. The molecule has 0 spiro atoms. The fraction of sp³-hybridized carbons (Fsp3) is 0.769. The summed E-state index contributed by atoms with van der Waals surface area (Å²) in [6.45, 7) is 9.29. The monoisotopic (exact) mass is 238 g/mol. The molecular formula is C13H22N2S. The number of nitrogens with two attached hydrogens (primary N) is 1. The largest absolute Gasteiger partial charge is 0.319 e. The summed E-state index contributed by atoms with van der Waals surface area (Å²) >= 11 is 1.69. The van der Waals surface area contributed by atoms with Crippen LogP contribution in [0, 0.1) is 10.8 Å². The van der Waals surface area contributed by atoms with E-state index >= 15 is 0 Å². The van der Waals surface area contributed by atoms with Crippen molar-refractivity contribution in [3.63, 3.8) is 0 Å². The second kappa shape index (κ2) is 3.54. The van der Waals surface area contributed by atoms with Gasteiger partial charge in [0.05, 0.1) is 5.54 Å². The van der Waals surface area contributed by atoms with Gasteiger partial charge in [0.15, 0.2) is 0 Å². The molecule has 0 bridgehead atoms. The average molecular weight is 238 g/mol. The van der Waals surface area contributed by atoms with Crippen molar-refractivity contribution in [2.24, 2.45) is 16.6 Å². The first-order chi connectivity index (χ1) is 7.23. The molecular weight excluding hydrogens is 216 g/mol. The van der Waals surface area contributed by atoms with Gasteiger partial charge < -0.3 is 5.73 Å². The molecule has 0 saturated heterocycles. The minimum Gasteiger partial charge on any atom is -0.319 e. The van der Waals surface area contributed by atoms with E-state index in [2.05, 4.69) is 32.7 Å². The highest BCUT2D eigenvalue weighted by molar-refractivity contribution is 7.09. The Kier molecular flexibility index (Phi) is 2.67. The van der Waals surface area contributed by atoms with E-state index in [0.29, 0.717) is 10.8 Å². The standard InChI is InChI=1S/C13H22N2S/c1-11(2)7-12(3,4)9-13(14,8-11)10-15-5-6-16-10/h5-6H,7-9,14H2,1-4H3. The second-order valence-corrected chi connectivity index (χ2v) is 7.75. The number of aromatic nitrogens is 1. The summed E-state index contributed by atoms with van der Waals surface area (Å²) in [5, 5.41) is 3.13. The lowest BCUT2D eigenvalue weighted by molar-refractivity contribution is 0.0469. The quantitative estimate of drug-likeness (QED) is 0.813. The average Bonchev–Trinajstić information content (AvgIpc) is 2.46. The van der Waals surface area contributed by atoms with Crippen LogP contribution in [0.15, 0.2) is 11.6 Å². The van der Waals surface area contributed by atoms with E-state index in [0.717, 1.165) is 17.8 Å². The third-order valence-corrected chi connectivity index (χ3v) is 4.40. The van der Waals surface area contributed by atoms with Gasteiger partial charge in [-0.05, 0) is 30.1 Å². The van der Waals surface area contributed by atoms with E-state index in [9.17, 15) is 0 Å². The Morgan fingerprint density at radius 3 is 2.12 bits per heavy atom. The normalized spacial score (nSPS) is 26.6. The first-order valence-electron chi connectivity index (χ1n) is 5.91. The van der Waals surface area contributed by atoms with Crippen LogP contribution >= 0.6 is 11.3 Å². The zero-order chi connectivity index (χ0) is 12.0. The summed E-state index contributed by atoms with van der Waals surface area (Å²) in [4.78, 5) is 4.44. The fourth-order valence-electron chi connectivity index (χ4n) is 3.81. The maximum Gasteiger partial charge on any atom is 0.112 e. The summed E-state index contributed by atoms with van der Waals surface area (Å²) in [6.07, 6.45) is 5.18. The van der Waals surface area contributed by atoms with Crippen molar-refractivity contribution in [1.29, 1.82) is 0 Å². The van der Waals surface area contributed by atoms with Gasteiger partial charge >= 0.3 is 0 Å². The molecule has 2 N–H and O–H groups in total. The predicted octanol–water partition coefficient (Wildman–Crippen LogP) is 3.53. The van der Waals surface area contributed by atoms with Crippen molar-refractivity contribution < 1.29 is 0 Å². The Morgan fingerprint density at radius 1 is 1.12 bits per heavy atom. The maximum atomic E-state index is 6.62. The van der Waals surface area contributed by atoms with Crippen LogP contribution in [0.3, 0.4) is 0 Å². The molecule has 1 saturated carbocycles. The Bertz CT molecular complexity index is 349. The topological polar surface area (TPSA) is 38.9 Å². The van der Waals surface area contributed by atoms with Crippen molar-refractivity contribution in [1.82, 2.24) is 4.98 Å². The molecule has 2 nitrogen and oxygen atoms in total. The lowest BCUT2D eigenvalue weighted by atomic mass is 9.59. The minimum atomic E-state index is -0.223. The Morgan fingerprint density at radius 2 is 1.69 bits per heavy atom. The van der Waals surface area contributed by atoms with Crippen LogP contribution in [0.2, 0.25) is 0 Å². The second-order valence-electron chi connectivity index (χ2n) is 6.85. The van der Waals surface area contributed by atoms with Gasteiger partial charge in [0.25, 0.3) is 0 Å². The number of hydrogen-bond donors (Lipinski definition) is 1. The molecule has 1 fully saturated rings. The molecule has 0 radical (unpaired) electrons. The molecule has 2 rings (SSSR count). The molecule has 1 aromatic rings. The molecule has 0 atom stereocenters. The van der Waals surface area contributed by atoms with E-state index < -0.39 is 0 Å². The predicted molar refractivity (Wildman–Crippen MR) is 69.4 cm³/mol. The summed E-state index contributed by atoms with van der Waals surface area (Å²) in [5.74, 6) is 0. The number of thiazole rings is 1. The van der Waals surface area contributed by atoms with Gasteiger partial charge in [-0.15, -0.1) is 11.3 Å². The molecule has 1 aliphatic carbocycles. The molecule has 1 aromatic heterocycles. The van der Waals surface area contributed by atoms with Crippen LogP contribution in [-0.2, 0) is 5.54 Å². The van der Waals surface area contributed by atoms with Crippen LogP contribution in [0.25, 0.3) is 0 Å². The van der Waals surface area contributed by atoms with E-state index in [1.807, 2.05) is 11.6 Å². The highest BCUT2D eigenvalue weighted by Gasteiger charge is 2.47. The van der Waals surface area contributed by atoms with Crippen molar-refractivity contribution in [2.75, 3.05) is 0 Å². The number of rotatable bonds is 1. The van der Waals surface area contributed by atoms with E-state index in [1.54, 1.807) is 11.3 Å². The smallest absolute Gasteiger partial charge is 0.112 e. The zero-order valence-electron chi connectivity index (χ0n) is 10.7. The summed E-state index contributed by atoms with van der Waals surface area (Å²) in [5.41, 5.74) is 7.02. The van der Waals surface area contributed by atoms with E-state index in [1.165, 1.54) is 6.42 Å². The van der Waals surface area contributed by atoms with Crippen LogP contribution < -0.4 is 5.73 Å². The lowest BCUT2D eigenvalue weighted by Gasteiger charge is -2.49. The molecule has 1 aliphatic rings. The summed E-state index contributed by atoms with van der Waals surface area (Å²) in [6, 6.07) is 0. The van der Waals surface area contributed by atoms with Crippen molar-refractivity contribution in [3.8, 4) is 0 Å². The van der Waals surface area contributed by atoms with E-state index in [-0.39, 0.29) is 5.54 Å². The van der Waals surface area contributed by atoms with Crippen molar-refractivity contribution in [3.05, 3.63) is 16.6 Å². The Labute approximate surface area is 102 Å². The van der Waals surface area contributed by atoms with Crippen LogP contribution in [-0.4, -0.2) is 4.98 Å². The third-order valence-electron chi connectivity index (χ3n) is 3.40. The Hall–Kier alpha value is -0.410. The van der Waals surface area contributed by atoms with Crippen LogP contribution in [0.4, 0.5) is 0 Å². The van der Waals surface area contributed by atoms with Gasteiger partial charge in [0, 0.05) is 11.6 Å². The fourth-order valence-corrected chi connectivity index (χ4v) is 4.56. The molecule has 0 amide bonds. The minimum absolute atomic E-state index is 0.223. The molecule has 1 heterocycles. The highest BCUT2D eigenvalue weighted by atomic mass is 32.1. The molecule has 0 unspecified atom stereocenters. The van der Waals surface area contributed by atoms with Crippen LogP contribution in [0.5, 0.6) is 0 Å². The molecule has 90 valence electrons. The number of hydrogen-bond acceptors (Lipinski definition) is 3. The Balaban J connectivity index is 2.35. The first kappa shape index (κ1) is 12.1. The first-order valence-corrected chi connectivity index (χ1v) is 6.79. The van der Waals surface area contributed by atoms with Crippen molar-refractivity contribution >= 4 is 11.3 Å². The maximum absolute atomic E-state index is 6.62. The zero-order valence-corrected chi connectivity index (χ0v) is 11.5. The van der Waals surface area contributed by atoms with Gasteiger partial charge in [0.1, 0.15) is 5.01 Å². The molecule has 3 heteroatoms. The van der Waals surface area contributed by atoms with E-state index in [4.69, 9.17) is 5.73 Å². The highest BCUT2D eigenvalue weighted by Crippen LogP contribution is 2.52. The van der Waals surface area contributed by atoms with Gasteiger partial charge in [-0.3, -0.25) is 0 Å². The lowest BCUT2D eigenvalue weighted by Crippen LogP contribution is -2.49.